The summed E-state index contributed by atoms with van der Waals surface area (Å²) in [5.74, 6) is 1.26. The van der Waals surface area contributed by atoms with Gasteiger partial charge in [-0.1, -0.05) is 13.8 Å². The van der Waals surface area contributed by atoms with Gasteiger partial charge in [-0.15, -0.1) is 0 Å². The van der Waals surface area contributed by atoms with Crippen LogP contribution in [0.1, 0.15) is 13.8 Å². The van der Waals surface area contributed by atoms with E-state index in [-0.39, 0.29) is 5.69 Å². The fourth-order valence-corrected chi connectivity index (χ4v) is 2.06. The number of hydrogen-bond donors (Lipinski definition) is 1. The van der Waals surface area contributed by atoms with Crippen LogP contribution in [0.3, 0.4) is 0 Å². The van der Waals surface area contributed by atoms with Crippen molar-refractivity contribution in [2.24, 2.45) is 10.9 Å². The van der Waals surface area contributed by atoms with Gasteiger partial charge in [0.15, 0.2) is 5.96 Å². The van der Waals surface area contributed by atoms with Crippen molar-refractivity contribution in [2.75, 3.05) is 38.2 Å². The largest absolute Gasteiger partial charge is 0.378 e. The van der Waals surface area contributed by atoms with Crippen molar-refractivity contribution in [1.82, 2.24) is 4.90 Å². The molecule has 1 N–H and O–H groups in total. The first-order valence-electron chi connectivity index (χ1n) is 7.45. The van der Waals surface area contributed by atoms with Crippen LogP contribution >= 0.6 is 0 Å². The molecule has 1 aromatic carbocycles. The molecule has 1 aliphatic heterocycles. The van der Waals surface area contributed by atoms with E-state index in [2.05, 4.69) is 29.1 Å². The molecule has 1 heterocycles. The zero-order valence-corrected chi connectivity index (χ0v) is 13.0. The molecular formula is C15H22N4O3. The Labute approximate surface area is 130 Å². The summed E-state index contributed by atoms with van der Waals surface area (Å²) in [5.41, 5.74) is 0.872. The molecule has 0 bridgehead atoms. The van der Waals surface area contributed by atoms with Gasteiger partial charge in [-0.3, -0.25) is 15.1 Å². The third-order valence-corrected chi connectivity index (χ3v) is 3.25. The van der Waals surface area contributed by atoms with Crippen molar-refractivity contribution in [3.63, 3.8) is 0 Å². The molecular weight excluding hydrogens is 284 g/mol. The molecule has 0 saturated carbocycles. The van der Waals surface area contributed by atoms with Crippen LogP contribution in [0, 0.1) is 16.0 Å². The Morgan fingerprint density at radius 2 is 2.00 bits per heavy atom. The molecule has 0 spiro atoms. The molecule has 1 aliphatic rings. The lowest BCUT2D eigenvalue weighted by Gasteiger charge is -2.30. The molecule has 0 radical (unpaired) electrons. The lowest BCUT2D eigenvalue weighted by molar-refractivity contribution is -0.384. The topological polar surface area (TPSA) is 80.0 Å². The van der Waals surface area contributed by atoms with Gasteiger partial charge in [0, 0.05) is 37.5 Å². The molecule has 22 heavy (non-hydrogen) atoms. The summed E-state index contributed by atoms with van der Waals surface area (Å²) in [5, 5.41) is 14.0. The Bertz CT molecular complexity index is 522. The van der Waals surface area contributed by atoms with Crippen molar-refractivity contribution in [3.05, 3.63) is 34.4 Å². The molecule has 7 nitrogen and oxygen atoms in total. The Morgan fingerprint density at radius 1 is 1.36 bits per heavy atom. The van der Waals surface area contributed by atoms with Crippen LogP contribution in [-0.4, -0.2) is 48.6 Å². The number of anilines is 1. The van der Waals surface area contributed by atoms with Crippen LogP contribution in [0.4, 0.5) is 11.4 Å². The van der Waals surface area contributed by atoms with E-state index < -0.39 is 4.92 Å². The summed E-state index contributed by atoms with van der Waals surface area (Å²) in [6.07, 6.45) is 0. The summed E-state index contributed by atoms with van der Waals surface area (Å²) in [6.45, 7) is 7.91. The molecule has 0 aliphatic carbocycles. The highest BCUT2D eigenvalue weighted by molar-refractivity contribution is 5.93. The second-order valence-electron chi connectivity index (χ2n) is 5.59. The van der Waals surface area contributed by atoms with Gasteiger partial charge >= 0.3 is 0 Å². The molecule has 1 aromatic rings. The average molecular weight is 306 g/mol. The second-order valence-corrected chi connectivity index (χ2v) is 5.59. The number of ether oxygens (including phenoxy) is 1. The molecule has 1 fully saturated rings. The zero-order chi connectivity index (χ0) is 15.9. The smallest absolute Gasteiger partial charge is 0.269 e. The van der Waals surface area contributed by atoms with E-state index in [1.807, 2.05) is 0 Å². The first kappa shape index (κ1) is 16.2. The van der Waals surface area contributed by atoms with Crippen molar-refractivity contribution in [1.29, 1.82) is 0 Å². The maximum absolute atomic E-state index is 10.7. The monoisotopic (exact) mass is 306 g/mol. The van der Waals surface area contributed by atoms with Crippen LogP contribution in [0.2, 0.25) is 0 Å². The predicted octanol–water partition coefficient (Wildman–Crippen LogP) is 2.35. The molecule has 2 rings (SSSR count). The van der Waals surface area contributed by atoms with Gasteiger partial charge in [0.1, 0.15) is 0 Å². The summed E-state index contributed by atoms with van der Waals surface area (Å²) >= 11 is 0. The van der Waals surface area contributed by atoms with Crippen molar-refractivity contribution >= 4 is 17.3 Å². The molecule has 0 aromatic heterocycles. The van der Waals surface area contributed by atoms with Crippen LogP contribution in [0.5, 0.6) is 0 Å². The second kappa shape index (κ2) is 7.74. The molecule has 7 heteroatoms. The summed E-state index contributed by atoms with van der Waals surface area (Å²) in [6, 6.07) is 6.37. The minimum Gasteiger partial charge on any atom is -0.378 e. The highest BCUT2D eigenvalue weighted by Gasteiger charge is 2.16. The van der Waals surface area contributed by atoms with Gasteiger partial charge in [0.25, 0.3) is 5.69 Å². The number of aliphatic imine (C=N–C) groups is 1. The minimum atomic E-state index is -0.403. The molecule has 1 saturated heterocycles. The highest BCUT2D eigenvalue weighted by Crippen LogP contribution is 2.16. The maximum atomic E-state index is 10.7. The number of hydrogen-bond acceptors (Lipinski definition) is 4. The van der Waals surface area contributed by atoms with Gasteiger partial charge in [-0.2, -0.15) is 0 Å². The van der Waals surface area contributed by atoms with Gasteiger partial charge < -0.3 is 15.0 Å². The van der Waals surface area contributed by atoms with Crippen molar-refractivity contribution in [2.45, 2.75) is 13.8 Å². The normalized spacial score (nSPS) is 16.0. The van der Waals surface area contributed by atoms with E-state index in [4.69, 9.17) is 4.74 Å². The van der Waals surface area contributed by atoms with E-state index in [0.29, 0.717) is 19.1 Å². The third kappa shape index (κ3) is 4.70. The summed E-state index contributed by atoms with van der Waals surface area (Å²) in [4.78, 5) is 17.1. The molecule has 0 unspecified atom stereocenters. The maximum Gasteiger partial charge on any atom is 0.269 e. The number of non-ortho nitro benzene ring substituents is 1. The number of guanidine groups is 1. The standard InChI is InChI=1S/C15H22N4O3/c1-12(2)11-16-15(18-7-9-22-10-8-18)17-13-3-5-14(6-4-13)19(20)21/h3-6,12H,7-11H2,1-2H3,(H,16,17). The number of morpholine rings is 1. The van der Waals surface area contributed by atoms with Gasteiger partial charge in [-0.25, -0.2) is 0 Å². The predicted molar refractivity (Wildman–Crippen MR) is 86.3 cm³/mol. The Hall–Kier alpha value is -2.15. The number of nitro benzene ring substituents is 1. The van der Waals surface area contributed by atoms with E-state index in [9.17, 15) is 10.1 Å². The van der Waals surface area contributed by atoms with E-state index >= 15 is 0 Å². The number of nitrogens with zero attached hydrogens (tertiary/aromatic N) is 3. The summed E-state index contributed by atoms with van der Waals surface area (Å²) < 4.78 is 5.37. The zero-order valence-electron chi connectivity index (χ0n) is 13.0. The fraction of sp³-hybridized carbons (Fsp3) is 0.533. The quantitative estimate of drug-likeness (QED) is 0.400. The Morgan fingerprint density at radius 3 is 2.55 bits per heavy atom. The van der Waals surface area contributed by atoms with E-state index in [1.54, 1.807) is 12.1 Å². The Balaban J connectivity index is 2.10. The Kier molecular flexibility index (Phi) is 5.71. The lowest BCUT2D eigenvalue weighted by Crippen LogP contribution is -2.44. The summed E-state index contributed by atoms with van der Waals surface area (Å²) in [7, 11) is 0. The first-order valence-corrected chi connectivity index (χ1v) is 7.45. The number of rotatable bonds is 4. The minimum absolute atomic E-state index is 0.0811. The van der Waals surface area contributed by atoms with Gasteiger partial charge in [0.05, 0.1) is 18.1 Å². The molecule has 0 amide bonds. The SMILES string of the molecule is CC(C)CN=C(Nc1ccc([N+](=O)[O-])cc1)N1CCOCC1. The lowest BCUT2D eigenvalue weighted by atomic mass is 10.2. The van der Waals surface area contributed by atoms with Crippen molar-refractivity contribution < 1.29 is 9.66 Å². The van der Waals surface area contributed by atoms with Gasteiger partial charge in [-0.05, 0) is 18.1 Å². The van der Waals surface area contributed by atoms with Crippen LogP contribution in [-0.2, 0) is 4.74 Å². The molecule has 120 valence electrons. The van der Waals surface area contributed by atoms with Crippen LogP contribution < -0.4 is 5.32 Å². The fourth-order valence-electron chi connectivity index (χ4n) is 2.06. The number of nitrogens with one attached hydrogen (secondary N) is 1. The van der Waals surface area contributed by atoms with Crippen LogP contribution in [0.15, 0.2) is 29.3 Å². The first-order chi connectivity index (χ1) is 10.6. The van der Waals surface area contributed by atoms with Crippen LogP contribution in [0.25, 0.3) is 0 Å². The number of benzene rings is 1. The van der Waals surface area contributed by atoms with Crippen molar-refractivity contribution in [3.8, 4) is 0 Å². The average Bonchev–Trinajstić information content (AvgIpc) is 2.52. The highest BCUT2D eigenvalue weighted by atomic mass is 16.6. The van der Waals surface area contributed by atoms with E-state index in [1.165, 1.54) is 12.1 Å². The van der Waals surface area contributed by atoms with Gasteiger partial charge in [0.2, 0.25) is 0 Å². The molecule has 0 atom stereocenters. The third-order valence-electron chi connectivity index (χ3n) is 3.25. The number of nitro groups is 1. The van der Waals surface area contributed by atoms with E-state index in [0.717, 1.165) is 31.3 Å².